The molecule has 174 valence electrons. The van der Waals surface area contributed by atoms with E-state index in [9.17, 15) is 0 Å². The van der Waals surface area contributed by atoms with Crippen molar-refractivity contribution in [1.29, 1.82) is 0 Å². The number of thiophene rings is 1. The molecular formula is C26H33N5OS. The van der Waals surface area contributed by atoms with Gasteiger partial charge in [0.25, 0.3) is 0 Å². The summed E-state index contributed by atoms with van der Waals surface area (Å²) >= 11 is 1.86. The molecule has 3 heterocycles. The lowest BCUT2D eigenvalue weighted by Crippen LogP contribution is -2.46. The number of aromatic nitrogens is 2. The number of nitrogens with zero attached hydrogens (tertiary/aromatic N) is 3. The van der Waals surface area contributed by atoms with Gasteiger partial charge >= 0.3 is 0 Å². The summed E-state index contributed by atoms with van der Waals surface area (Å²) in [6.45, 7) is 6.06. The molecule has 33 heavy (non-hydrogen) atoms. The van der Waals surface area contributed by atoms with E-state index in [2.05, 4.69) is 46.7 Å². The first kappa shape index (κ1) is 21.3. The number of ether oxygens (including phenoxy) is 1. The van der Waals surface area contributed by atoms with Crippen molar-refractivity contribution < 1.29 is 4.74 Å². The zero-order valence-electron chi connectivity index (χ0n) is 19.4. The Morgan fingerprint density at radius 3 is 2.73 bits per heavy atom. The van der Waals surface area contributed by atoms with Gasteiger partial charge in [-0.3, -0.25) is 4.90 Å². The largest absolute Gasteiger partial charge is 0.379 e. The molecule has 3 aliphatic rings. The molecule has 0 spiro atoms. The summed E-state index contributed by atoms with van der Waals surface area (Å²) in [7, 11) is 0. The highest BCUT2D eigenvalue weighted by Crippen LogP contribution is 2.41. The van der Waals surface area contributed by atoms with E-state index >= 15 is 0 Å². The number of hydrogen-bond acceptors (Lipinski definition) is 7. The monoisotopic (exact) mass is 463 g/mol. The third-order valence-electron chi connectivity index (χ3n) is 7.44. The topological polar surface area (TPSA) is 62.3 Å². The van der Waals surface area contributed by atoms with E-state index in [1.807, 2.05) is 11.3 Å². The third kappa shape index (κ3) is 4.46. The fraction of sp³-hybridized carbons (Fsp3) is 0.538. The number of fused-ring (bicyclic) bond motifs is 3. The van der Waals surface area contributed by atoms with Gasteiger partial charge in [-0.2, -0.15) is 4.98 Å². The van der Waals surface area contributed by atoms with Crippen LogP contribution in [0, 0.1) is 6.92 Å². The number of hydrogen-bond donors (Lipinski definition) is 2. The molecule has 2 fully saturated rings. The quantitative estimate of drug-likeness (QED) is 0.536. The summed E-state index contributed by atoms with van der Waals surface area (Å²) in [4.78, 5) is 15.2. The molecule has 1 aromatic carbocycles. The highest BCUT2D eigenvalue weighted by Gasteiger charge is 2.29. The maximum Gasteiger partial charge on any atom is 0.230 e. The van der Waals surface area contributed by atoms with Gasteiger partial charge < -0.3 is 15.4 Å². The van der Waals surface area contributed by atoms with Crippen LogP contribution in [0.4, 0.5) is 17.5 Å². The molecule has 0 amide bonds. The van der Waals surface area contributed by atoms with E-state index in [-0.39, 0.29) is 0 Å². The number of nitrogens with one attached hydrogen (secondary N) is 2. The number of aryl methyl sites for hydroxylation is 3. The maximum absolute atomic E-state index is 5.55. The van der Waals surface area contributed by atoms with E-state index in [4.69, 9.17) is 14.7 Å². The van der Waals surface area contributed by atoms with Gasteiger partial charge in [0.15, 0.2) is 0 Å². The molecule has 2 aromatic heterocycles. The molecule has 2 aliphatic carbocycles. The van der Waals surface area contributed by atoms with E-state index in [1.54, 1.807) is 0 Å². The molecule has 0 atom stereocenters. The van der Waals surface area contributed by atoms with E-state index in [0.29, 0.717) is 18.0 Å². The molecule has 0 unspecified atom stereocenters. The average molecular weight is 464 g/mol. The first-order valence-corrected chi connectivity index (χ1v) is 13.3. The van der Waals surface area contributed by atoms with E-state index in [1.165, 1.54) is 59.9 Å². The Hall–Kier alpha value is -2.22. The van der Waals surface area contributed by atoms with Crippen molar-refractivity contribution in [2.45, 2.75) is 64.0 Å². The predicted molar refractivity (Wildman–Crippen MR) is 136 cm³/mol. The van der Waals surface area contributed by atoms with Crippen LogP contribution in [-0.4, -0.2) is 53.3 Å². The number of anilines is 3. The Balaban J connectivity index is 1.24. The van der Waals surface area contributed by atoms with Crippen molar-refractivity contribution in [3.05, 3.63) is 40.3 Å². The van der Waals surface area contributed by atoms with Crippen molar-refractivity contribution in [2.75, 3.05) is 36.9 Å². The highest BCUT2D eigenvalue weighted by molar-refractivity contribution is 7.19. The SMILES string of the molecule is Cc1cccc(Nc2nc(N[C@H]3CC[C@H](N4CCOCC4)CC3)c3c4c(sc3n2)CCC4)c1. The second-order valence-electron chi connectivity index (χ2n) is 9.73. The Bertz CT molecular complexity index is 1130. The predicted octanol–water partition coefficient (Wildman–Crippen LogP) is 5.29. The van der Waals surface area contributed by atoms with Crippen LogP contribution >= 0.6 is 11.3 Å². The van der Waals surface area contributed by atoms with Gasteiger partial charge in [0.1, 0.15) is 10.6 Å². The number of morpholine rings is 1. The van der Waals surface area contributed by atoms with Gasteiger partial charge in [-0.1, -0.05) is 12.1 Å². The van der Waals surface area contributed by atoms with Crippen LogP contribution in [0.2, 0.25) is 0 Å². The van der Waals surface area contributed by atoms with Gasteiger partial charge in [-0.05, 0) is 75.1 Å². The lowest BCUT2D eigenvalue weighted by atomic mass is 9.90. The zero-order chi connectivity index (χ0) is 22.2. The Kier molecular flexibility index (Phi) is 5.94. The average Bonchev–Trinajstić information content (AvgIpc) is 3.41. The lowest BCUT2D eigenvalue weighted by molar-refractivity contribution is 0.00791. The van der Waals surface area contributed by atoms with Crippen molar-refractivity contribution in [2.24, 2.45) is 0 Å². The van der Waals surface area contributed by atoms with Crippen molar-refractivity contribution in [1.82, 2.24) is 14.9 Å². The normalized spacial score (nSPS) is 23.5. The second-order valence-corrected chi connectivity index (χ2v) is 10.8. The fourth-order valence-electron chi connectivity index (χ4n) is 5.73. The first-order chi connectivity index (χ1) is 16.2. The van der Waals surface area contributed by atoms with Crippen LogP contribution in [0.1, 0.15) is 48.1 Å². The smallest absolute Gasteiger partial charge is 0.230 e. The summed E-state index contributed by atoms with van der Waals surface area (Å²) in [5, 5.41) is 8.60. The van der Waals surface area contributed by atoms with Gasteiger partial charge in [0.2, 0.25) is 5.95 Å². The van der Waals surface area contributed by atoms with Crippen LogP contribution < -0.4 is 10.6 Å². The van der Waals surface area contributed by atoms with E-state index < -0.39 is 0 Å². The van der Waals surface area contributed by atoms with Gasteiger partial charge in [-0.15, -0.1) is 11.3 Å². The zero-order valence-corrected chi connectivity index (χ0v) is 20.2. The molecule has 7 heteroatoms. The van der Waals surface area contributed by atoms with Crippen molar-refractivity contribution in [3.63, 3.8) is 0 Å². The van der Waals surface area contributed by atoms with Gasteiger partial charge in [0, 0.05) is 35.7 Å². The molecule has 6 nitrogen and oxygen atoms in total. The molecule has 3 aromatic rings. The Morgan fingerprint density at radius 1 is 1.06 bits per heavy atom. The number of benzene rings is 1. The minimum Gasteiger partial charge on any atom is -0.379 e. The van der Waals surface area contributed by atoms with Gasteiger partial charge in [-0.25, -0.2) is 4.98 Å². The lowest BCUT2D eigenvalue weighted by Gasteiger charge is -2.39. The van der Waals surface area contributed by atoms with Crippen molar-refractivity contribution >= 4 is 39.0 Å². The summed E-state index contributed by atoms with van der Waals surface area (Å²) in [5.74, 6) is 1.72. The van der Waals surface area contributed by atoms with Crippen LogP contribution in [0.5, 0.6) is 0 Å². The second kappa shape index (κ2) is 9.20. The van der Waals surface area contributed by atoms with Crippen LogP contribution in [0.25, 0.3) is 10.2 Å². The molecule has 1 aliphatic heterocycles. The van der Waals surface area contributed by atoms with Crippen LogP contribution in [-0.2, 0) is 17.6 Å². The third-order valence-corrected chi connectivity index (χ3v) is 8.62. The molecule has 6 rings (SSSR count). The summed E-state index contributed by atoms with van der Waals surface area (Å²) in [6, 6.07) is 9.59. The fourth-order valence-corrected chi connectivity index (χ4v) is 6.99. The molecular weight excluding hydrogens is 430 g/mol. The highest BCUT2D eigenvalue weighted by atomic mass is 32.1. The molecule has 0 radical (unpaired) electrons. The summed E-state index contributed by atoms with van der Waals surface area (Å²) in [5.41, 5.74) is 3.75. The van der Waals surface area contributed by atoms with E-state index in [0.717, 1.165) is 49.1 Å². The minimum absolute atomic E-state index is 0.476. The van der Waals surface area contributed by atoms with Crippen LogP contribution in [0.15, 0.2) is 24.3 Å². The molecule has 1 saturated heterocycles. The number of rotatable bonds is 5. The summed E-state index contributed by atoms with van der Waals surface area (Å²) in [6.07, 6.45) is 8.48. The first-order valence-electron chi connectivity index (χ1n) is 12.5. The molecule has 2 N–H and O–H groups in total. The minimum atomic E-state index is 0.476. The Labute approximate surface area is 199 Å². The standard InChI is InChI=1S/C26H33N5OS/c1-17-4-2-5-19(16-17)28-26-29-24(23-21-6-3-7-22(21)33-25(23)30-26)27-18-8-10-20(11-9-18)31-12-14-32-15-13-31/h2,4-5,16,18,20H,3,6-15H2,1H3,(H2,27,28,29,30)/t18-,20-. The molecule has 1 saturated carbocycles. The maximum atomic E-state index is 5.55. The van der Waals surface area contributed by atoms with Gasteiger partial charge in [0.05, 0.1) is 18.6 Å². The summed E-state index contributed by atoms with van der Waals surface area (Å²) < 4.78 is 5.55. The van der Waals surface area contributed by atoms with Crippen molar-refractivity contribution in [3.8, 4) is 0 Å². The molecule has 0 bridgehead atoms. The van der Waals surface area contributed by atoms with Crippen LogP contribution in [0.3, 0.4) is 0 Å². The Morgan fingerprint density at radius 2 is 1.91 bits per heavy atom.